The Hall–Kier alpha value is -3.61. The molecule has 1 unspecified atom stereocenters. The SMILES string of the molecule is COc1ccc(S(=O)(=O)N(CC(C)C)C[C@@H](O)[C@H](Cc2ccc(OCP(=O)(O)Oc3ccccc3)cc2)NC(=O)O)cc1. The fraction of sp³-hybridized carbons (Fsp3) is 0.345. The number of nitrogens with zero attached hydrogens (tertiary/aromatic N) is 1. The highest BCUT2D eigenvalue weighted by atomic mass is 32.2. The van der Waals surface area contributed by atoms with Crippen molar-refractivity contribution in [2.45, 2.75) is 37.3 Å². The number of hydrogen-bond acceptors (Lipinski definition) is 8. The lowest BCUT2D eigenvalue weighted by Crippen LogP contribution is -2.50. The lowest BCUT2D eigenvalue weighted by Gasteiger charge is -2.30. The second kappa shape index (κ2) is 15.2. The Balaban J connectivity index is 1.70. The number of carboxylic acid groups (broad SMARTS) is 1. The summed E-state index contributed by atoms with van der Waals surface area (Å²) in [5.74, 6) is 0.909. The van der Waals surface area contributed by atoms with E-state index in [1.54, 1.807) is 42.5 Å². The third-order valence-corrected chi connectivity index (χ3v) is 8.99. The van der Waals surface area contributed by atoms with Gasteiger partial charge >= 0.3 is 13.7 Å². The van der Waals surface area contributed by atoms with E-state index in [1.807, 2.05) is 13.8 Å². The van der Waals surface area contributed by atoms with Crippen molar-refractivity contribution in [1.82, 2.24) is 9.62 Å². The zero-order valence-corrected chi connectivity index (χ0v) is 25.8. The minimum Gasteiger partial charge on any atom is -0.497 e. The molecule has 0 heterocycles. The predicted octanol–water partition coefficient (Wildman–Crippen LogP) is 4.18. The van der Waals surface area contributed by atoms with Crippen molar-refractivity contribution >= 4 is 23.7 Å². The van der Waals surface area contributed by atoms with Crippen LogP contribution in [0.15, 0.2) is 83.8 Å². The molecular weight excluding hydrogens is 599 g/mol. The van der Waals surface area contributed by atoms with Crippen molar-refractivity contribution < 1.29 is 46.9 Å². The predicted molar refractivity (Wildman–Crippen MR) is 160 cm³/mol. The Kier molecular flexibility index (Phi) is 12.0. The monoisotopic (exact) mass is 636 g/mol. The van der Waals surface area contributed by atoms with Gasteiger partial charge in [0.15, 0.2) is 6.35 Å². The molecule has 3 atom stereocenters. The van der Waals surface area contributed by atoms with Crippen molar-refractivity contribution in [3.05, 3.63) is 84.4 Å². The number of aliphatic hydroxyl groups is 1. The Morgan fingerprint density at radius 2 is 1.53 bits per heavy atom. The van der Waals surface area contributed by atoms with Gasteiger partial charge in [-0.25, -0.2) is 17.8 Å². The number of para-hydroxylation sites is 1. The molecule has 3 aromatic carbocycles. The van der Waals surface area contributed by atoms with Gasteiger partial charge in [0.1, 0.15) is 17.2 Å². The van der Waals surface area contributed by atoms with Gasteiger partial charge in [0.05, 0.1) is 24.2 Å². The molecule has 3 rings (SSSR count). The van der Waals surface area contributed by atoms with Gasteiger partial charge in [-0.2, -0.15) is 4.31 Å². The summed E-state index contributed by atoms with van der Waals surface area (Å²) in [5, 5.41) is 22.8. The van der Waals surface area contributed by atoms with Crippen LogP contribution in [0.2, 0.25) is 0 Å². The van der Waals surface area contributed by atoms with Crippen LogP contribution in [-0.2, 0) is 21.0 Å². The average Bonchev–Trinajstić information content (AvgIpc) is 2.96. The number of carbonyl (C=O) groups is 1. The summed E-state index contributed by atoms with van der Waals surface area (Å²) in [5.41, 5.74) is 0.603. The highest BCUT2D eigenvalue weighted by Gasteiger charge is 2.31. The number of ether oxygens (including phenoxy) is 2. The first kappa shape index (κ1) is 33.9. The summed E-state index contributed by atoms with van der Waals surface area (Å²) in [7, 11) is -6.65. The van der Waals surface area contributed by atoms with Crippen LogP contribution >= 0.6 is 7.60 Å². The highest BCUT2D eigenvalue weighted by Crippen LogP contribution is 2.42. The van der Waals surface area contributed by atoms with Crippen LogP contribution in [0.4, 0.5) is 4.79 Å². The van der Waals surface area contributed by atoms with Gasteiger partial charge in [-0.3, -0.25) is 0 Å². The zero-order chi connectivity index (χ0) is 31.6. The molecule has 43 heavy (non-hydrogen) atoms. The van der Waals surface area contributed by atoms with E-state index in [9.17, 15) is 32.9 Å². The maximum atomic E-state index is 13.5. The lowest BCUT2D eigenvalue weighted by molar-refractivity contribution is 0.0980. The molecule has 3 aromatic rings. The highest BCUT2D eigenvalue weighted by molar-refractivity contribution is 7.89. The number of amides is 1. The topological polar surface area (TPSA) is 172 Å². The molecule has 0 radical (unpaired) electrons. The van der Waals surface area contributed by atoms with Gasteiger partial charge < -0.3 is 34.4 Å². The molecule has 0 aromatic heterocycles. The van der Waals surface area contributed by atoms with Gasteiger partial charge in [0, 0.05) is 13.1 Å². The number of hydrogen-bond donors (Lipinski definition) is 4. The molecule has 4 N–H and O–H groups in total. The van der Waals surface area contributed by atoms with Gasteiger partial charge in [0.2, 0.25) is 10.0 Å². The second-order valence-electron chi connectivity index (χ2n) is 10.2. The maximum Gasteiger partial charge on any atom is 0.413 e. The van der Waals surface area contributed by atoms with E-state index in [0.717, 1.165) is 4.31 Å². The van der Waals surface area contributed by atoms with Crippen LogP contribution in [0, 0.1) is 5.92 Å². The summed E-state index contributed by atoms with van der Waals surface area (Å²) in [6, 6.07) is 19.3. The van der Waals surface area contributed by atoms with Crippen LogP contribution in [0.25, 0.3) is 0 Å². The number of benzene rings is 3. The molecule has 0 aliphatic heterocycles. The minimum atomic E-state index is -4.10. The largest absolute Gasteiger partial charge is 0.497 e. The van der Waals surface area contributed by atoms with Gasteiger partial charge in [-0.15, -0.1) is 0 Å². The quantitative estimate of drug-likeness (QED) is 0.167. The van der Waals surface area contributed by atoms with Crippen LogP contribution in [0.1, 0.15) is 19.4 Å². The van der Waals surface area contributed by atoms with Crippen molar-refractivity contribution in [1.29, 1.82) is 0 Å². The fourth-order valence-corrected chi connectivity index (χ4v) is 6.59. The Bertz CT molecular complexity index is 1470. The minimum absolute atomic E-state index is 0.0149. The molecule has 0 aliphatic rings. The van der Waals surface area contributed by atoms with Crippen molar-refractivity contribution in [2.24, 2.45) is 5.92 Å². The average molecular weight is 637 g/mol. The van der Waals surface area contributed by atoms with Crippen molar-refractivity contribution in [2.75, 3.05) is 26.5 Å². The molecule has 0 spiro atoms. The molecule has 0 saturated heterocycles. The normalized spacial score (nSPS) is 14.5. The third-order valence-electron chi connectivity index (χ3n) is 6.19. The molecule has 0 saturated carbocycles. The van der Waals surface area contributed by atoms with E-state index < -0.39 is 42.2 Å². The van der Waals surface area contributed by atoms with Crippen molar-refractivity contribution in [3.63, 3.8) is 0 Å². The van der Waals surface area contributed by atoms with Gasteiger partial charge in [-0.1, -0.05) is 44.2 Å². The number of aliphatic hydroxyl groups excluding tert-OH is 1. The van der Waals surface area contributed by atoms with E-state index in [1.165, 1.54) is 43.5 Å². The second-order valence-corrected chi connectivity index (χ2v) is 13.8. The first-order valence-corrected chi connectivity index (χ1v) is 16.6. The Morgan fingerprint density at radius 1 is 0.930 bits per heavy atom. The first-order valence-electron chi connectivity index (χ1n) is 13.4. The van der Waals surface area contributed by atoms with E-state index in [0.29, 0.717) is 11.3 Å². The van der Waals surface area contributed by atoms with Gasteiger partial charge in [-0.05, 0) is 66.4 Å². The molecular formula is C29H37N2O10PS. The lowest BCUT2D eigenvalue weighted by atomic mass is 10.0. The summed E-state index contributed by atoms with van der Waals surface area (Å²) in [6.07, 6.45) is -3.34. The molecule has 14 heteroatoms. The molecule has 0 fully saturated rings. The first-order chi connectivity index (χ1) is 20.3. The Labute approximate surface area is 251 Å². The number of sulfonamides is 1. The number of nitrogens with one attached hydrogen (secondary N) is 1. The smallest absolute Gasteiger partial charge is 0.413 e. The Morgan fingerprint density at radius 3 is 2.09 bits per heavy atom. The van der Waals surface area contributed by atoms with E-state index >= 15 is 0 Å². The van der Waals surface area contributed by atoms with Crippen LogP contribution in [0.5, 0.6) is 17.2 Å². The third kappa shape index (κ3) is 10.6. The van der Waals surface area contributed by atoms with Gasteiger partial charge in [0.25, 0.3) is 0 Å². The van der Waals surface area contributed by atoms with Crippen LogP contribution in [-0.4, -0.2) is 72.6 Å². The van der Waals surface area contributed by atoms with E-state index in [4.69, 9.17) is 14.0 Å². The van der Waals surface area contributed by atoms with Crippen molar-refractivity contribution in [3.8, 4) is 17.2 Å². The van der Waals surface area contributed by atoms with E-state index in [2.05, 4.69) is 5.32 Å². The number of rotatable bonds is 16. The summed E-state index contributed by atoms with van der Waals surface area (Å²) in [4.78, 5) is 21.7. The molecule has 234 valence electrons. The number of methoxy groups -OCH3 is 1. The van der Waals surface area contributed by atoms with Crippen LogP contribution < -0.4 is 19.3 Å². The maximum absolute atomic E-state index is 13.5. The summed E-state index contributed by atoms with van der Waals surface area (Å²) < 4.78 is 56.1. The molecule has 0 bridgehead atoms. The standard InChI is InChI=1S/C29H37N2O10PS/c1-21(2)18-31(43(37,38)26-15-13-23(39-3)14-16-26)19-28(32)27(30-29(33)34)17-22-9-11-24(12-10-22)40-20-42(35,36)41-25-7-5-4-6-8-25/h4-16,21,27-28,30,32H,17-20H2,1-3H3,(H,33,34)(H,35,36)/t27-,28+/m0/s1. The molecule has 0 aliphatic carbocycles. The molecule has 12 nitrogen and oxygen atoms in total. The van der Waals surface area contributed by atoms with Crippen LogP contribution in [0.3, 0.4) is 0 Å². The molecule has 1 amide bonds. The summed E-state index contributed by atoms with van der Waals surface area (Å²) in [6.45, 7) is 3.41. The zero-order valence-electron chi connectivity index (χ0n) is 24.1. The van der Waals surface area contributed by atoms with E-state index in [-0.39, 0.29) is 41.8 Å². The summed E-state index contributed by atoms with van der Waals surface area (Å²) >= 11 is 0. The fourth-order valence-electron chi connectivity index (χ4n) is 4.16.